The predicted octanol–water partition coefficient (Wildman–Crippen LogP) is 0.705. The molecule has 1 aliphatic heterocycles. The van der Waals surface area contributed by atoms with Crippen molar-refractivity contribution in [2.75, 3.05) is 13.2 Å². The zero-order chi connectivity index (χ0) is 22.1. The molecule has 0 spiro atoms. The van der Waals surface area contributed by atoms with Crippen molar-refractivity contribution in [1.29, 1.82) is 0 Å². The van der Waals surface area contributed by atoms with Gasteiger partial charge in [-0.1, -0.05) is 13.8 Å². The molecule has 29 heavy (non-hydrogen) atoms. The van der Waals surface area contributed by atoms with Crippen LogP contribution in [0, 0.1) is 5.92 Å². The monoisotopic (exact) mass is 417 g/mol. The lowest BCUT2D eigenvalue weighted by Gasteiger charge is -2.45. The highest BCUT2D eigenvalue weighted by Crippen LogP contribution is 2.28. The van der Waals surface area contributed by atoms with Crippen molar-refractivity contribution in [2.24, 2.45) is 5.92 Å². The summed E-state index contributed by atoms with van der Waals surface area (Å²) >= 11 is 0. The first kappa shape index (κ1) is 24.8. The Bertz CT molecular complexity index is 592. The highest BCUT2D eigenvalue weighted by molar-refractivity contribution is 5.73. The van der Waals surface area contributed by atoms with Crippen molar-refractivity contribution >= 4 is 23.8 Å². The van der Waals surface area contributed by atoms with Gasteiger partial charge in [0.25, 0.3) is 0 Å². The van der Waals surface area contributed by atoms with E-state index in [9.17, 15) is 19.2 Å². The van der Waals surface area contributed by atoms with Crippen LogP contribution in [-0.4, -0.2) is 67.7 Å². The standard InChI is InChI=1S/C19H31NO9/c1-10(2)7-8-25-19-16(20-11(3)21)18(28-14(6)24)17(27-13(5)23)15(29-19)9-26-12(4)22/h10,15-19H,7-9H2,1-6H3,(H,20,21)/t15-,16-,17-,18-,19-/m0/s1. The van der Waals surface area contributed by atoms with Crippen molar-refractivity contribution < 1.29 is 42.9 Å². The molecule has 0 bridgehead atoms. The fraction of sp³-hybridized carbons (Fsp3) is 0.789. The number of hydrogen-bond acceptors (Lipinski definition) is 9. The Hall–Kier alpha value is -2.20. The summed E-state index contributed by atoms with van der Waals surface area (Å²) in [7, 11) is 0. The van der Waals surface area contributed by atoms with E-state index in [4.69, 9.17) is 23.7 Å². The third kappa shape index (κ3) is 8.78. The molecule has 0 aromatic heterocycles. The quantitative estimate of drug-likeness (QED) is 0.426. The first-order valence-electron chi connectivity index (χ1n) is 9.53. The van der Waals surface area contributed by atoms with Crippen LogP contribution in [0.1, 0.15) is 48.0 Å². The summed E-state index contributed by atoms with van der Waals surface area (Å²) in [4.78, 5) is 46.4. The largest absolute Gasteiger partial charge is 0.463 e. The van der Waals surface area contributed by atoms with Crippen molar-refractivity contribution in [3.63, 3.8) is 0 Å². The highest BCUT2D eigenvalue weighted by atomic mass is 16.7. The van der Waals surface area contributed by atoms with E-state index in [0.717, 1.165) is 6.42 Å². The number of hydrogen-bond donors (Lipinski definition) is 1. The normalized spacial score (nSPS) is 26.5. The van der Waals surface area contributed by atoms with Gasteiger partial charge in [0.15, 0.2) is 18.5 Å². The van der Waals surface area contributed by atoms with Gasteiger partial charge in [-0.3, -0.25) is 19.2 Å². The second-order valence-electron chi connectivity index (χ2n) is 7.27. The molecule has 0 saturated carbocycles. The van der Waals surface area contributed by atoms with Gasteiger partial charge in [0.1, 0.15) is 18.8 Å². The Balaban J connectivity index is 3.21. The maximum Gasteiger partial charge on any atom is 0.303 e. The third-order valence-corrected chi connectivity index (χ3v) is 4.05. The zero-order valence-corrected chi connectivity index (χ0v) is 17.8. The van der Waals surface area contributed by atoms with Crippen LogP contribution >= 0.6 is 0 Å². The summed E-state index contributed by atoms with van der Waals surface area (Å²) in [5, 5.41) is 2.65. The molecule has 10 heteroatoms. The Morgan fingerprint density at radius 1 is 0.931 bits per heavy atom. The lowest BCUT2D eigenvalue weighted by molar-refractivity contribution is -0.278. The van der Waals surface area contributed by atoms with Gasteiger partial charge in [-0.25, -0.2) is 0 Å². The number of esters is 3. The zero-order valence-electron chi connectivity index (χ0n) is 17.8. The minimum Gasteiger partial charge on any atom is -0.463 e. The first-order chi connectivity index (χ1) is 13.5. The molecule has 0 aromatic rings. The molecule has 1 saturated heterocycles. The number of nitrogens with one attached hydrogen (secondary N) is 1. The van der Waals surface area contributed by atoms with Crippen molar-refractivity contribution in [3.05, 3.63) is 0 Å². The van der Waals surface area contributed by atoms with Gasteiger partial charge >= 0.3 is 17.9 Å². The molecule has 5 atom stereocenters. The molecule has 1 aliphatic rings. The lowest BCUT2D eigenvalue weighted by atomic mass is 9.96. The van der Waals surface area contributed by atoms with Gasteiger partial charge < -0.3 is 29.0 Å². The number of rotatable bonds is 9. The van der Waals surface area contributed by atoms with Gasteiger partial charge in [0.05, 0.1) is 6.61 Å². The fourth-order valence-corrected chi connectivity index (χ4v) is 2.85. The topological polar surface area (TPSA) is 126 Å². The molecule has 1 fully saturated rings. The van der Waals surface area contributed by atoms with Gasteiger partial charge in [-0.15, -0.1) is 0 Å². The van der Waals surface area contributed by atoms with Gasteiger partial charge in [0.2, 0.25) is 5.91 Å². The van der Waals surface area contributed by atoms with Crippen LogP contribution in [0.4, 0.5) is 0 Å². The molecule has 1 N–H and O–H groups in total. The molecule has 1 rings (SSSR count). The molecule has 0 aliphatic carbocycles. The maximum atomic E-state index is 11.8. The van der Waals surface area contributed by atoms with E-state index in [1.54, 1.807) is 0 Å². The Morgan fingerprint density at radius 2 is 1.52 bits per heavy atom. The Labute approximate surface area is 170 Å². The summed E-state index contributed by atoms with van der Waals surface area (Å²) in [6, 6.07) is -0.929. The molecule has 1 amide bonds. The van der Waals surface area contributed by atoms with E-state index < -0.39 is 54.5 Å². The van der Waals surface area contributed by atoms with E-state index in [0.29, 0.717) is 12.5 Å². The molecule has 166 valence electrons. The van der Waals surface area contributed by atoms with Crippen LogP contribution in [0.15, 0.2) is 0 Å². The van der Waals surface area contributed by atoms with E-state index in [1.165, 1.54) is 27.7 Å². The SMILES string of the molecule is CC(=O)N[C@@H]1[C@@H](OCCC(C)C)O[C@@H](COC(C)=O)[C@H](OC(C)=O)[C@H]1OC(C)=O. The van der Waals surface area contributed by atoms with Crippen LogP contribution in [0.25, 0.3) is 0 Å². The van der Waals surface area contributed by atoms with E-state index in [2.05, 4.69) is 5.32 Å². The fourth-order valence-electron chi connectivity index (χ4n) is 2.85. The first-order valence-corrected chi connectivity index (χ1v) is 9.53. The van der Waals surface area contributed by atoms with Crippen LogP contribution in [0.2, 0.25) is 0 Å². The molecule has 0 aromatic carbocycles. The third-order valence-electron chi connectivity index (χ3n) is 4.05. The van der Waals surface area contributed by atoms with Crippen LogP contribution in [-0.2, 0) is 42.9 Å². The average molecular weight is 417 g/mol. The smallest absolute Gasteiger partial charge is 0.303 e. The van der Waals surface area contributed by atoms with Gasteiger partial charge in [0, 0.05) is 27.7 Å². The Morgan fingerprint density at radius 3 is 2.00 bits per heavy atom. The highest BCUT2D eigenvalue weighted by Gasteiger charge is 2.51. The molecule has 10 nitrogen and oxygen atoms in total. The molecule has 0 unspecified atom stereocenters. The van der Waals surface area contributed by atoms with Crippen molar-refractivity contribution in [1.82, 2.24) is 5.32 Å². The molecule has 1 heterocycles. The second-order valence-corrected chi connectivity index (χ2v) is 7.27. The summed E-state index contributed by atoms with van der Waals surface area (Å²) in [5.41, 5.74) is 0. The summed E-state index contributed by atoms with van der Waals surface area (Å²) < 4.78 is 27.4. The average Bonchev–Trinajstić information content (AvgIpc) is 2.56. The maximum absolute atomic E-state index is 11.8. The Kier molecular flexibility index (Phi) is 10.0. The van der Waals surface area contributed by atoms with Crippen LogP contribution in [0.3, 0.4) is 0 Å². The minimum absolute atomic E-state index is 0.248. The number of ether oxygens (including phenoxy) is 5. The van der Waals surface area contributed by atoms with Crippen molar-refractivity contribution in [2.45, 2.75) is 78.6 Å². The van der Waals surface area contributed by atoms with Crippen LogP contribution < -0.4 is 5.32 Å². The number of carbonyl (C=O) groups is 4. The summed E-state index contributed by atoms with van der Waals surface area (Å²) in [5.74, 6) is -1.89. The second kappa shape index (κ2) is 11.7. The van der Waals surface area contributed by atoms with Crippen LogP contribution in [0.5, 0.6) is 0 Å². The molecular weight excluding hydrogens is 386 g/mol. The van der Waals surface area contributed by atoms with E-state index >= 15 is 0 Å². The number of carbonyl (C=O) groups excluding carboxylic acids is 4. The van der Waals surface area contributed by atoms with Crippen molar-refractivity contribution in [3.8, 4) is 0 Å². The van der Waals surface area contributed by atoms with E-state index in [1.807, 2.05) is 13.8 Å². The van der Waals surface area contributed by atoms with Gasteiger partial charge in [-0.2, -0.15) is 0 Å². The molecular formula is C19H31NO9. The summed E-state index contributed by atoms with van der Waals surface area (Å²) in [6.45, 7) is 9.03. The van der Waals surface area contributed by atoms with E-state index in [-0.39, 0.29) is 6.61 Å². The predicted molar refractivity (Wildman–Crippen MR) is 99.4 cm³/mol. The lowest BCUT2D eigenvalue weighted by Crippen LogP contribution is -2.66. The molecule has 0 radical (unpaired) electrons. The van der Waals surface area contributed by atoms with Gasteiger partial charge in [-0.05, 0) is 12.3 Å². The summed E-state index contributed by atoms with van der Waals surface area (Å²) in [6.07, 6.45) is -3.45. The number of amides is 1. The minimum atomic E-state index is -1.11.